The molecule has 122 valence electrons. The fourth-order valence-electron chi connectivity index (χ4n) is 2.30. The largest absolute Gasteiger partial charge is 0.378 e. The Balaban J connectivity index is 1.61. The van der Waals surface area contributed by atoms with E-state index in [0.717, 1.165) is 22.9 Å². The second kappa shape index (κ2) is 7.07. The van der Waals surface area contributed by atoms with Crippen molar-refractivity contribution in [2.75, 3.05) is 5.32 Å². The molecule has 2 amide bonds. The van der Waals surface area contributed by atoms with Crippen LogP contribution in [0.15, 0.2) is 53.5 Å². The Morgan fingerprint density at radius 2 is 1.71 bits per heavy atom. The molecule has 2 aromatic carbocycles. The third-order valence-electron chi connectivity index (χ3n) is 3.48. The lowest BCUT2D eigenvalue weighted by molar-refractivity contribution is -0.121. The van der Waals surface area contributed by atoms with Gasteiger partial charge in [-0.05, 0) is 35.4 Å². The van der Waals surface area contributed by atoms with Crippen molar-refractivity contribution >= 4 is 46.0 Å². The van der Waals surface area contributed by atoms with Gasteiger partial charge in [0.15, 0.2) is 5.17 Å². The van der Waals surface area contributed by atoms with Gasteiger partial charge in [0.25, 0.3) is 5.91 Å². The van der Waals surface area contributed by atoms with Crippen molar-refractivity contribution in [3.05, 3.63) is 53.6 Å². The van der Waals surface area contributed by atoms with Crippen molar-refractivity contribution < 1.29 is 9.59 Å². The molecule has 0 bridgehead atoms. The van der Waals surface area contributed by atoms with Crippen LogP contribution in [0.25, 0.3) is 11.1 Å². The van der Waals surface area contributed by atoms with Gasteiger partial charge in [0.1, 0.15) is 5.25 Å². The fraction of sp³-hybridized carbons (Fsp3) is 0.118. The highest BCUT2D eigenvalue weighted by atomic mass is 35.5. The number of nitrogens with one attached hydrogen (secondary N) is 1. The molecule has 3 N–H and O–H groups in total. The van der Waals surface area contributed by atoms with E-state index < -0.39 is 5.25 Å². The van der Waals surface area contributed by atoms with E-state index in [1.807, 2.05) is 48.5 Å². The number of nitrogens with two attached hydrogens (primary N) is 1. The van der Waals surface area contributed by atoms with Gasteiger partial charge in [-0.1, -0.05) is 47.6 Å². The molecule has 0 aromatic heterocycles. The van der Waals surface area contributed by atoms with E-state index >= 15 is 0 Å². The first-order chi connectivity index (χ1) is 11.5. The summed E-state index contributed by atoms with van der Waals surface area (Å²) in [6, 6.07) is 15.0. The van der Waals surface area contributed by atoms with Gasteiger partial charge in [-0.2, -0.15) is 4.99 Å². The minimum atomic E-state index is -0.529. The normalized spacial score (nSPS) is 16.8. The number of hydrogen-bond acceptors (Lipinski definition) is 4. The summed E-state index contributed by atoms with van der Waals surface area (Å²) in [6.07, 6.45) is 0.0482. The summed E-state index contributed by atoms with van der Waals surface area (Å²) in [5.74, 6) is -0.601. The zero-order valence-electron chi connectivity index (χ0n) is 12.5. The molecule has 1 aliphatic heterocycles. The summed E-state index contributed by atoms with van der Waals surface area (Å²) in [6.45, 7) is 0. The summed E-state index contributed by atoms with van der Waals surface area (Å²) in [7, 11) is 0. The second-order valence-corrected chi connectivity index (χ2v) is 6.89. The molecule has 1 heterocycles. The van der Waals surface area contributed by atoms with Crippen molar-refractivity contribution in [2.45, 2.75) is 11.7 Å². The SMILES string of the molecule is NC1=NC(=O)[C@H](CC(=O)Nc2ccc(-c3ccc(Cl)cc3)cc2)S1. The summed E-state index contributed by atoms with van der Waals surface area (Å²) in [4.78, 5) is 27.2. The maximum absolute atomic E-state index is 12.0. The predicted octanol–water partition coefficient (Wildman–Crippen LogP) is 3.29. The van der Waals surface area contributed by atoms with E-state index in [1.165, 1.54) is 0 Å². The maximum Gasteiger partial charge on any atom is 0.262 e. The zero-order chi connectivity index (χ0) is 17.1. The average Bonchev–Trinajstić information content (AvgIpc) is 2.86. The van der Waals surface area contributed by atoms with Gasteiger partial charge in [-0.15, -0.1) is 0 Å². The predicted molar refractivity (Wildman–Crippen MR) is 98.1 cm³/mol. The van der Waals surface area contributed by atoms with E-state index in [9.17, 15) is 9.59 Å². The van der Waals surface area contributed by atoms with E-state index in [0.29, 0.717) is 10.7 Å². The molecule has 1 aliphatic rings. The van der Waals surface area contributed by atoms with E-state index in [1.54, 1.807) is 0 Å². The zero-order valence-corrected chi connectivity index (χ0v) is 14.1. The molecule has 0 fully saturated rings. The molecule has 5 nitrogen and oxygen atoms in total. The summed E-state index contributed by atoms with van der Waals surface area (Å²) in [5, 5.41) is 3.15. The highest BCUT2D eigenvalue weighted by Gasteiger charge is 2.29. The van der Waals surface area contributed by atoms with Crippen LogP contribution < -0.4 is 11.1 Å². The van der Waals surface area contributed by atoms with Crippen molar-refractivity contribution in [2.24, 2.45) is 10.7 Å². The minimum Gasteiger partial charge on any atom is -0.378 e. The van der Waals surface area contributed by atoms with Gasteiger partial charge < -0.3 is 11.1 Å². The third-order valence-corrected chi connectivity index (χ3v) is 4.71. The summed E-state index contributed by atoms with van der Waals surface area (Å²) >= 11 is 7.00. The van der Waals surface area contributed by atoms with Crippen molar-refractivity contribution in [1.82, 2.24) is 0 Å². The van der Waals surface area contributed by atoms with E-state index in [4.69, 9.17) is 17.3 Å². The third kappa shape index (κ3) is 3.96. The molecule has 0 saturated carbocycles. The first-order valence-corrected chi connectivity index (χ1v) is 8.47. The Hall–Kier alpha value is -2.31. The molecule has 0 radical (unpaired) electrons. The van der Waals surface area contributed by atoms with Crippen LogP contribution in [-0.2, 0) is 9.59 Å². The number of hydrogen-bond donors (Lipinski definition) is 2. The second-order valence-electron chi connectivity index (χ2n) is 5.23. The molecular weight excluding hydrogens is 346 g/mol. The number of rotatable bonds is 4. The van der Waals surface area contributed by atoms with Crippen LogP contribution in [0.2, 0.25) is 5.02 Å². The lowest BCUT2D eigenvalue weighted by Crippen LogP contribution is -2.21. The molecule has 0 aliphatic carbocycles. The maximum atomic E-state index is 12.0. The Labute approximate surface area is 148 Å². The standard InChI is InChI=1S/C17H14ClN3O2S/c18-12-5-1-10(2-6-12)11-3-7-13(8-4-11)20-15(22)9-14-16(23)21-17(19)24-14/h1-8,14H,9H2,(H,20,22)(H2,19,21,23)/t14-/m0/s1. The first-order valence-electron chi connectivity index (χ1n) is 7.22. The first kappa shape index (κ1) is 16.5. The number of benzene rings is 2. The Morgan fingerprint density at radius 3 is 2.25 bits per heavy atom. The number of amidine groups is 1. The van der Waals surface area contributed by atoms with Gasteiger partial charge in [0.2, 0.25) is 5.91 Å². The minimum absolute atomic E-state index is 0.0482. The number of aliphatic imine (C=N–C) groups is 1. The van der Waals surface area contributed by atoms with Crippen molar-refractivity contribution in [1.29, 1.82) is 0 Å². The molecule has 0 unspecified atom stereocenters. The molecular formula is C17H14ClN3O2S. The number of nitrogens with zero attached hydrogens (tertiary/aromatic N) is 1. The average molecular weight is 360 g/mol. The van der Waals surface area contributed by atoms with Crippen molar-refractivity contribution in [3.63, 3.8) is 0 Å². The number of anilines is 1. The van der Waals surface area contributed by atoms with Crippen LogP contribution in [0.3, 0.4) is 0 Å². The topological polar surface area (TPSA) is 84.5 Å². The van der Waals surface area contributed by atoms with Crippen LogP contribution in [0, 0.1) is 0 Å². The van der Waals surface area contributed by atoms with Gasteiger partial charge in [0, 0.05) is 17.1 Å². The number of carbonyl (C=O) groups is 2. The van der Waals surface area contributed by atoms with E-state index in [-0.39, 0.29) is 23.4 Å². The van der Waals surface area contributed by atoms with Gasteiger partial charge in [0.05, 0.1) is 0 Å². The highest BCUT2D eigenvalue weighted by molar-refractivity contribution is 8.15. The lowest BCUT2D eigenvalue weighted by Gasteiger charge is -2.09. The van der Waals surface area contributed by atoms with Crippen LogP contribution in [-0.4, -0.2) is 22.2 Å². The molecule has 24 heavy (non-hydrogen) atoms. The molecule has 3 rings (SSSR count). The highest BCUT2D eigenvalue weighted by Crippen LogP contribution is 2.25. The van der Waals surface area contributed by atoms with Crippen LogP contribution >= 0.6 is 23.4 Å². The number of carbonyl (C=O) groups excluding carboxylic acids is 2. The summed E-state index contributed by atoms with van der Waals surface area (Å²) < 4.78 is 0. The fourth-order valence-corrected chi connectivity index (χ4v) is 3.25. The Bertz CT molecular complexity index is 804. The lowest BCUT2D eigenvalue weighted by atomic mass is 10.1. The van der Waals surface area contributed by atoms with Crippen LogP contribution in [0.1, 0.15) is 6.42 Å². The Morgan fingerprint density at radius 1 is 1.12 bits per heavy atom. The molecule has 2 aromatic rings. The smallest absolute Gasteiger partial charge is 0.262 e. The molecule has 0 saturated heterocycles. The number of thioether (sulfide) groups is 1. The molecule has 1 atom stereocenters. The molecule has 7 heteroatoms. The van der Waals surface area contributed by atoms with Gasteiger partial charge >= 0.3 is 0 Å². The number of halogens is 1. The molecule has 0 spiro atoms. The number of amides is 2. The van der Waals surface area contributed by atoms with Crippen LogP contribution in [0.4, 0.5) is 5.69 Å². The summed E-state index contributed by atoms with van der Waals surface area (Å²) in [5.41, 5.74) is 8.21. The monoisotopic (exact) mass is 359 g/mol. The van der Waals surface area contributed by atoms with E-state index in [2.05, 4.69) is 10.3 Å². The van der Waals surface area contributed by atoms with Gasteiger partial charge in [-0.25, -0.2) is 0 Å². The van der Waals surface area contributed by atoms with Crippen molar-refractivity contribution in [3.8, 4) is 11.1 Å². The van der Waals surface area contributed by atoms with Crippen LogP contribution in [0.5, 0.6) is 0 Å². The Kier molecular flexibility index (Phi) is 4.87. The quantitative estimate of drug-likeness (QED) is 0.877. The van der Waals surface area contributed by atoms with Gasteiger partial charge in [-0.3, -0.25) is 9.59 Å².